The third kappa shape index (κ3) is 2.03. The zero-order valence-electron chi connectivity index (χ0n) is 10.7. The fourth-order valence-corrected chi connectivity index (χ4v) is 2.98. The first-order chi connectivity index (χ1) is 8.78. The van der Waals surface area contributed by atoms with Gasteiger partial charge in [0.1, 0.15) is 5.76 Å². The molecule has 0 saturated carbocycles. The molecule has 2 atom stereocenters. The minimum absolute atomic E-state index is 0.261. The molecule has 2 fully saturated rings. The Morgan fingerprint density at radius 1 is 1.61 bits per heavy atom. The highest BCUT2D eigenvalue weighted by Crippen LogP contribution is 2.29. The average Bonchev–Trinajstić information content (AvgIpc) is 3.05. The molecule has 0 bridgehead atoms. The second-order valence-corrected chi connectivity index (χ2v) is 5.06. The van der Waals surface area contributed by atoms with Crippen molar-refractivity contribution >= 4 is 5.91 Å². The van der Waals surface area contributed by atoms with Gasteiger partial charge in [0.15, 0.2) is 0 Å². The third-order valence-electron chi connectivity index (χ3n) is 3.94. The van der Waals surface area contributed by atoms with E-state index < -0.39 is 0 Å². The zero-order valence-corrected chi connectivity index (χ0v) is 10.7. The SMILES string of the molecule is CCc1cnc(CNC2CC(=O)N3CCCC23)o1. The molecule has 0 aromatic carbocycles. The van der Waals surface area contributed by atoms with E-state index in [1.807, 2.05) is 11.8 Å². The Morgan fingerprint density at radius 2 is 2.50 bits per heavy atom. The first kappa shape index (κ1) is 11.7. The van der Waals surface area contributed by atoms with Gasteiger partial charge in [-0.15, -0.1) is 0 Å². The number of nitrogens with one attached hydrogen (secondary N) is 1. The van der Waals surface area contributed by atoms with Crippen LogP contribution in [0.1, 0.15) is 37.8 Å². The van der Waals surface area contributed by atoms with Crippen molar-refractivity contribution in [1.82, 2.24) is 15.2 Å². The van der Waals surface area contributed by atoms with E-state index >= 15 is 0 Å². The lowest BCUT2D eigenvalue weighted by atomic mass is 10.1. The van der Waals surface area contributed by atoms with Crippen molar-refractivity contribution in [1.29, 1.82) is 0 Å². The fourth-order valence-electron chi connectivity index (χ4n) is 2.98. The van der Waals surface area contributed by atoms with E-state index in [9.17, 15) is 4.79 Å². The van der Waals surface area contributed by atoms with Crippen molar-refractivity contribution in [2.45, 2.75) is 51.2 Å². The molecule has 3 rings (SSSR count). The maximum atomic E-state index is 11.8. The Bertz CT molecular complexity index is 443. The molecule has 0 aliphatic carbocycles. The minimum atomic E-state index is 0.261. The Hall–Kier alpha value is -1.36. The Balaban J connectivity index is 1.58. The quantitative estimate of drug-likeness (QED) is 0.868. The molecule has 2 aliphatic rings. The summed E-state index contributed by atoms with van der Waals surface area (Å²) < 4.78 is 5.56. The predicted molar refractivity (Wildman–Crippen MR) is 65.9 cm³/mol. The van der Waals surface area contributed by atoms with Crippen LogP contribution in [-0.2, 0) is 17.8 Å². The van der Waals surface area contributed by atoms with Crippen molar-refractivity contribution in [3.05, 3.63) is 17.8 Å². The molecular formula is C13H19N3O2. The summed E-state index contributed by atoms with van der Waals surface area (Å²) in [6.07, 6.45) is 5.51. The van der Waals surface area contributed by atoms with Gasteiger partial charge in [-0.25, -0.2) is 4.98 Å². The van der Waals surface area contributed by atoms with Crippen LogP contribution >= 0.6 is 0 Å². The molecular weight excluding hydrogens is 230 g/mol. The van der Waals surface area contributed by atoms with Gasteiger partial charge in [0, 0.05) is 31.5 Å². The van der Waals surface area contributed by atoms with Gasteiger partial charge < -0.3 is 14.6 Å². The predicted octanol–water partition coefficient (Wildman–Crippen LogP) is 1.09. The minimum Gasteiger partial charge on any atom is -0.444 e. The van der Waals surface area contributed by atoms with Crippen LogP contribution < -0.4 is 5.32 Å². The molecule has 1 aromatic heterocycles. The van der Waals surface area contributed by atoms with Gasteiger partial charge >= 0.3 is 0 Å². The number of amides is 1. The van der Waals surface area contributed by atoms with E-state index in [1.54, 1.807) is 6.20 Å². The summed E-state index contributed by atoms with van der Waals surface area (Å²) in [6, 6.07) is 0.648. The lowest BCUT2D eigenvalue weighted by molar-refractivity contribution is -0.127. The van der Waals surface area contributed by atoms with E-state index in [2.05, 4.69) is 10.3 Å². The number of rotatable bonds is 4. The molecule has 5 heteroatoms. The van der Waals surface area contributed by atoms with Crippen LogP contribution in [-0.4, -0.2) is 34.4 Å². The monoisotopic (exact) mass is 249 g/mol. The van der Waals surface area contributed by atoms with Crippen LogP contribution in [0.25, 0.3) is 0 Å². The Morgan fingerprint density at radius 3 is 3.28 bits per heavy atom. The standard InChI is InChI=1S/C13H19N3O2/c1-2-9-7-15-12(18-9)8-14-10-6-13(17)16-5-3-4-11(10)16/h7,10-11,14H,2-6,8H2,1H3. The van der Waals surface area contributed by atoms with Crippen molar-refractivity contribution in [3.63, 3.8) is 0 Å². The number of carbonyl (C=O) groups is 1. The summed E-state index contributed by atoms with van der Waals surface area (Å²) in [6.45, 7) is 3.59. The number of hydrogen-bond donors (Lipinski definition) is 1. The van der Waals surface area contributed by atoms with E-state index in [4.69, 9.17) is 4.42 Å². The number of carbonyl (C=O) groups excluding carboxylic acids is 1. The topological polar surface area (TPSA) is 58.4 Å². The summed E-state index contributed by atoms with van der Waals surface area (Å²) in [7, 11) is 0. The molecule has 98 valence electrons. The number of aryl methyl sites for hydroxylation is 1. The highest BCUT2D eigenvalue weighted by molar-refractivity contribution is 5.80. The van der Waals surface area contributed by atoms with Gasteiger partial charge in [-0.05, 0) is 12.8 Å². The van der Waals surface area contributed by atoms with Gasteiger partial charge in [0.2, 0.25) is 11.8 Å². The molecule has 18 heavy (non-hydrogen) atoms. The third-order valence-corrected chi connectivity index (χ3v) is 3.94. The summed E-state index contributed by atoms with van der Waals surface area (Å²) in [4.78, 5) is 18.0. The van der Waals surface area contributed by atoms with E-state index in [0.29, 0.717) is 19.0 Å². The molecule has 2 aliphatic heterocycles. The lowest BCUT2D eigenvalue weighted by Crippen LogP contribution is -2.39. The largest absolute Gasteiger partial charge is 0.444 e. The van der Waals surface area contributed by atoms with Gasteiger partial charge in [0.05, 0.1) is 12.7 Å². The van der Waals surface area contributed by atoms with Gasteiger partial charge in [-0.3, -0.25) is 4.79 Å². The van der Waals surface area contributed by atoms with Crippen LogP contribution in [0, 0.1) is 0 Å². The summed E-state index contributed by atoms with van der Waals surface area (Å²) >= 11 is 0. The van der Waals surface area contributed by atoms with Crippen molar-refractivity contribution in [2.75, 3.05) is 6.54 Å². The number of oxazole rings is 1. The first-order valence-corrected chi connectivity index (χ1v) is 6.74. The van der Waals surface area contributed by atoms with Crippen LogP contribution in [0.15, 0.2) is 10.6 Å². The van der Waals surface area contributed by atoms with E-state index in [0.717, 1.165) is 37.5 Å². The molecule has 1 aromatic rings. The number of hydrogen-bond acceptors (Lipinski definition) is 4. The molecule has 1 N–H and O–H groups in total. The van der Waals surface area contributed by atoms with E-state index in [1.165, 1.54) is 0 Å². The van der Waals surface area contributed by atoms with Crippen LogP contribution in [0.3, 0.4) is 0 Å². The summed E-state index contributed by atoms with van der Waals surface area (Å²) in [5, 5.41) is 3.42. The molecule has 5 nitrogen and oxygen atoms in total. The van der Waals surface area contributed by atoms with Gasteiger partial charge in [-0.2, -0.15) is 0 Å². The number of nitrogens with zero attached hydrogens (tertiary/aromatic N) is 2. The maximum Gasteiger partial charge on any atom is 0.224 e. The van der Waals surface area contributed by atoms with Gasteiger partial charge in [0.25, 0.3) is 0 Å². The van der Waals surface area contributed by atoms with Crippen molar-refractivity contribution < 1.29 is 9.21 Å². The molecule has 2 unspecified atom stereocenters. The highest BCUT2D eigenvalue weighted by atomic mass is 16.4. The van der Waals surface area contributed by atoms with E-state index in [-0.39, 0.29) is 11.9 Å². The Kier molecular flexibility index (Phi) is 3.07. The summed E-state index contributed by atoms with van der Waals surface area (Å²) in [5.74, 6) is 1.92. The maximum absolute atomic E-state index is 11.8. The first-order valence-electron chi connectivity index (χ1n) is 6.74. The van der Waals surface area contributed by atoms with Crippen LogP contribution in [0.4, 0.5) is 0 Å². The molecule has 3 heterocycles. The van der Waals surface area contributed by atoms with Crippen molar-refractivity contribution in [3.8, 4) is 0 Å². The highest BCUT2D eigenvalue weighted by Gasteiger charge is 2.41. The van der Waals surface area contributed by atoms with Crippen LogP contribution in [0.5, 0.6) is 0 Å². The molecule has 0 radical (unpaired) electrons. The number of fused-ring (bicyclic) bond motifs is 1. The second-order valence-electron chi connectivity index (χ2n) is 5.06. The Labute approximate surface area is 107 Å². The molecule has 0 spiro atoms. The lowest BCUT2D eigenvalue weighted by Gasteiger charge is -2.20. The average molecular weight is 249 g/mol. The smallest absolute Gasteiger partial charge is 0.224 e. The summed E-state index contributed by atoms with van der Waals surface area (Å²) in [5.41, 5.74) is 0. The number of aromatic nitrogens is 1. The zero-order chi connectivity index (χ0) is 12.5. The molecule has 1 amide bonds. The molecule has 2 saturated heterocycles. The second kappa shape index (κ2) is 4.72. The van der Waals surface area contributed by atoms with Crippen molar-refractivity contribution in [2.24, 2.45) is 0 Å². The van der Waals surface area contributed by atoms with Gasteiger partial charge in [-0.1, -0.05) is 6.92 Å². The van der Waals surface area contributed by atoms with Crippen LogP contribution in [0.2, 0.25) is 0 Å². The fraction of sp³-hybridized carbons (Fsp3) is 0.692. The normalized spacial score (nSPS) is 26.9.